The number of ether oxygens (including phenoxy) is 2. The number of carbonyl (C=O) groups excluding carboxylic acids is 2. The van der Waals surface area contributed by atoms with Crippen molar-refractivity contribution in [1.82, 2.24) is 0 Å². The van der Waals surface area contributed by atoms with Crippen molar-refractivity contribution in [2.24, 2.45) is 10.8 Å². The highest BCUT2D eigenvalue weighted by Crippen LogP contribution is 2.43. The van der Waals surface area contributed by atoms with E-state index < -0.39 is 0 Å². The molecule has 4 nitrogen and oxygen atoms in total. The average Bonchev–Trinajstić information content (AvgIpc) is 3.30. The summed E-state index contributed by atoms with van der Waals surface area (Å²) >= 11 is 0. The Morgan fingerprint density at radius 1 is 0.431 bits per heavy atom. The van der Waals surface area contributed by atoms with Gasteiger partial charge in [-0.05, 0) is 89.2 Å². The molecule has 0 saturated carbocycles. The predicted molar refractivity (Wildman–Crippen MR) is 314 cm³/mol. The number of esters is 2. The van der Waals surface area contributed by atoms with Gasteiger partial charge in [0.05, 0.1) is 0 Å². The number of unbranched alkanes of at least 4 members (excludes halogenated alkanes) is 20. The van der Waals surface area contributed by atoms with Gasteiger partial charge in [0, 0.05) is 25.7 Å². The third kappa shape index (κ3) is 29.7. The molecule has 0 unspecified atom stereocenters. The Morgan fingerprint density at radius 3 is 1.01 bits per heavy atom. The smallest absolute Gasteiger partial charge is 0.306 e. The Morgan fingerprint density at radius 2 is 0.708 bits per heavy atom. The SMILES string of the molecule is CCCCCCCCCCCCCC(=O)O[C@@H]1CC(C)=C(/C=C/C(C)=C/C=C/C(C)=C/C=C/C=C(C)/C=C/C=C(C)/C=C/C2=C(C)C[C@@H](OC(=O)CCCCCCCCCCCCC)CC2(C)C)C(C)(C)C1. The van der Waals surface area contributed by atoms with Gasteiger partial charge in [0.2, 0.25) is 0 Å². The number of hydrogen-bond donors (Lipinski definition) is 0. The lowest BCUT2D eigenvalue weighted by atomic mass is 9.71. The molecule has 2 aliphatic carbocycles. The van der Waals surface area contributed by atoms with Crippen molar-refractivity contribution in [3.05, 3.63) is 130 Å². The van der Waals surface area contributed by atoms with Gasteiger partial charge in [0.25, 0.3) is 0 Å². The van der Waals surface area contributed by atoms with Crippen LogP contribution >= 0.6 is 0 Å². The fourth-order valence-corrected chi connectivity index (χ4v) is 10.6. The van der Waals surface area contributed by atoms with Gasteiger partial charge in [-0.2, -0.15) is 0 Å². The van der Waals surface area contributed by atoms with Crippen LogP contribution in [0.4, 0.5) is 0 Å². The molecular formula is C68H108O4. The molecule has 0 aromatic heterocycles. The number of hydrogen-bond acceptors (Lipinski definition) is 4. The van der Waals surface area contributed by atoms with Gasteiger partial charge in [0.15, 0.2) is 0 Å². The monoisotopic (exact) mass is 989 g/mol. The lowest BCUT2D eigenvalue weighted by Crippen LogP contribution is -2.31. The van der Waals surface area contributed by atoms with Crippen LogP contribution in [0.15, 0.2) is 130 Å². The molecule has 0 N–H and O–H groups in total. The molecule has 0 heterocycles. The van der Waals surface area contributed by atoms with E-state index in [0.717, 1.165) is 51.4 Å². The van der Waals surface area contributed by atoms with Crippen molar-refractivity contribution in [1.29, 1.82) is 0 Å². The zero-order valence-corrected chi connectivity index (χ0v) is 48.7. The van der Waals surface area contributed by atoms with E-state index in [0.29, 0.717) is 12.8 Å². The highest BCUT2D eigenvalue weighted by atomic mass is 16.5. The molecule has 0 amide bonds. The fraction of sp³-hybridized carbons (Fsp3) is 0.647. The Labute approximate surface area is 444 Å². The molecule has 2 rings (SSSR count). The minimum atomic E-state index is -0.0560. The number of carbonyl (C=O) groups is 2. The van der Waals surface area contributed by atoms with E-state index in [1.807, 2.05) is 0 Å². The van der Waals surface area contributed by atoms with Crippen molar-refractivity contribution in [2.75, 3.05) is 0 Å². The second kappa shape index (κ2) is 37.8. The van der Waals surface area contributed by atoms with Crippen LogP contribution in [-0.2, 0) is 19.1 Å². The van der Waals surface area contributed by atoms with Crippen molar-refractivity contribution < 1.29 is 19.1 Å². The maximum Gasteiger partial charge on any atom is 0.306 e. The van der Waals surface area contributed by atoms with Crippen LogP contribution in [0, 0.1) is 10.8 Å². The van der Waals surface area contributed by atoms with Crippen LogP contribution in [0.2, 0.25) is 0 Å². The summed E-state index contributed by atoms with van der Waals surface area (Å²) in [5, 5.41) is 0. The quantitative estimate of drug-likeness (QED) is 0.0357. The molecule has 4 heteroatoms. The van der Waals surface area contributed by atoms with Crippen molar-refractivity contribution in [3.63, 3.8) is 0 Å². The maximum absolute atomic E-state index is 12.7. The minimum Gasteiger partial charge on any atom is -0.462 e. The molecule has 0 saturated heterocycles. The largest absolute Gasteiger partial charge is 0.462 e. The maximum atomic E-state index is 12.7. The first-order valence-electron chi connectivity index (χ1n) is 29.3. The van der Waals surface area contributed by atoms with Crippen molar-refractivity contribution in [3.8, 4) is 0 Å². The highest BCUT2D eigenvalue weighted by molar-refractivity contribution is 5.70. The second-order valence-electron chi connectivity index (χ2n) is 23.2. The summed E-state index contributed by atoms with van der Waals surface area (Å²) in [6.45, 7) is 26.6. The lowest BCUT2D eigenvalue weighted by Gasteiger charge is -2.37. The zero-order chi connectivity index (χ0) is 53.0. The first-order chi connectivity index (χ1) is 34.5. The first-order valence-corrected chi connectivity index (χ1v) is 29.3. The molecule has 0 spiro atoms. The summed E-state index contributed by atoms with van der Waals surface area (Å²) < 4.78 is 12.0. The van der Waals surface area contributed by atoms with E-state index in [1.165, 1.54) is 160 Å². The normalized spacial score (nSPS) is 19.4. The summed E-state index contributed by atoms with van der Waals surface area (Å²) in [4.78, 5) is 25.5. The highest BCUT2D eigenvalue weighted by Gasteiger charge is 2.35. The van der Waals surface area contributed by atoms with Crippen LogP contribution in [0.3, 0.4) is 0 Å². The summed E-state index contributed by atoms with van der Waals surface area (Å²) in [5.41, 5.74) is 9.97. The molecule has 72 heavy (non-hydrogen) atoms. The Kier molecular flexibility index (Phi) is 33.7. The van der Waals surface area contributed by atoms with E-state index in [-0.39, 0.29) is 35.0 Å². The summed E-state index contributed by atoms with van der Waals surface area (Å²) in [7, 11) is 0. The number of allylic oxidation sites excluding steroid dienone is 20. The minimum absolute atomic E-state index is 0.0274. The molecule has 0 radical (unpaired) electrons. The van der Waals surface area contributed by atoms with Gasteiger partial charge in [0.1, 0.15) is 12.2 Å². The van der Waals surface area contributed by atoms with E-state index in [9.17, 15) is 9.59 Å². The van der Waals surface area contributed by atoms with Crippen LogP contribution in [0.1, 0.15) is 263 Å². The molecule has 0 aromatic carbocycles. The molecule has 0 fully saturated rings. The van der Waals surface area contributed by atoms with Crippen LogP contribution in [0.5, 0.6) is 0 Å². The van der Waals surface area contributed by atoms with Crippen LogP contribution < -0.4 is 0 Å². The molecule has 0 aromatic rings. The van der Waals surface area contributed by atoms with Gasteiger partial charge in [-0.3, -0.25) is 9.59 Å². The molecule has 0 aliphatic heterocycles. The topological polar surface area (TPSA) is 52.6 Å². The van der Waals surface area contributed by atoms with Crippen LogP contribution in [0.25, 0.3) is 0 Å². The Balaban J connectivity index is 1.76. The van der Waals surface area contributed by atoms with Gasteiger partial charge < -0.3 is 9.47 Å². The average molecular weight is 990 g/mol. The van der Waals surface area contributed by atoms with Crippen molar-refractivity contribution >= 4 is 11.9 Å². The third-order valence-electron chi connectivity index (χ3n) is 14.8. The number of rotatable bonds is 36. The van der Waals surface area contributed by atoms with Crippen molar-refractivity contribution in [2.45, 2.75) is 275 Å². The van der Waals surface area contributed by atoms with Gasteiger partial charge in [-0.15, -0.1) is 0 Å². The third-order valence-corrected chi connectivity index (χ3v) is 14.8. The lowest BCUT2D eigenvalue weighted by molar-refractivity contribution is -0.151. The van der Waals surface area contributed by atoms with E-state index in [4.69, 9.17) is 9.47 Å². The summed E-state index contributed by atoms with van der Waals surface area (Å²) in [5.74, 6) is -0.0548. The zero-order valence-electron chi connectivity index (χ0n) is 48.7. The standard InChI is InChI=1S/C68H108O4/c1-13-15-17-19-21-23-25-27-29-31-33-45-65(69)71-61-51-59(7)63(67(9,10)53-61)49-47-57(5)43-37-41-55(3)39-35-36-40-56(4)42-38-44-58(6)48-50-64-60(8)52-62(54-68(64,11)12)72-66(70)46-34-32-30-28-26-24-22-20-18-16-14-2/h35-44,47-50,61-62H,13-34,45-46,51-54H2,1-12H3/b36-35+,41-37+,42-38+,49-47+,50-48+,55-39+,56-40+,57-43+,58-44+/t61-,62-/m1/s1. The van der Waals surface area contributed by atoms with E-state index in [1.54, 1.807) is 0 Å². The van der Waals surface area contributed by atoms with Gasteiger partial charge >= 0.3 is 11.9 Å². The Bertz CT molecular complexity index is 1790. The molecule has 0 bridgehead atoms. The molecule has 2 aliphatic rings. The Hall–Kier alpha value is -3.92. The molecular weight excluding hydrogens is 881 g/mol. The first kappa shape index (κ1) is 64.2. The van der Waals surface area contributed by atoms with E-state index in [2.05, 4.69) is 168 Å². The second-order valence-corrected chi connectivity index (χ2v) is 23.2. The fourth-order valence-electron chi connectivity index (χ4n) is 10.6. The van der Waals surface area contributed by atoms with E-state index >= 15 is 0 Å². The van der Waals surface area contributed by atoms with Crippen LogP contribution in [-0.4, -0.2) is 24.1 Å². The summed E-state index contributed by atoms with van der Waals surface area (Å²) in [6, 6.07) is 0. The molecule has 2 atom stereocenters. The molecule has 404 valence electrons. The van der Waals surface area contributed by atoms with Gasteiger partial charge in [-0.25, -0.2) is 0 Å². The summed E-state index contributed by atoms with van der Waals surface area (Å²) in [6.07, 6.45) is 62.8. The predicted octanol–water partition coefficient (Wildman–Crippen LogP) is 21.1. The van der Waals surface area contributed by atoms with Gasteiger partial charge in [-0.1, -0.05) is 288 Å².